The van der Waals surface area contributed by atoms with Crippen molar-refractivity contribution in [3.8, 4) is 11.5 Å². The van der Waals surface area contributed by atoms with Gasteiger partial charge in [0.15, 0.2) is 0 Å². The number of amides is 2. The van der Waals surface area contributed by atoms with E-state index in [1.807, 2.05) is 24.3 Å². The molecule has 0 atom stereocenters. The molecule has 1 fully saturated rings. The number of hydrogen-bond donors (Lipinski definition) is 2. The first-order chi connectivity index (χ1) is 14.9. The van der Waals surface area contributed by atoms with Crippen LogP contribution in [-0.2, 0) is 6.42 Å². The van der Waals surface area contributed by atoms with Gasteiger partial charge >= 0.3 is 12.4 Å². The van der Waals surface area contributed by atoms with Gasteiger partial charge in [0.25, 0.3) is 0 Å². The lowest BCUT2D eigenvalue weighted by Gasteiger charge is -2.27. The molecule has 2 amide bonds. The zero-order chi connectivity index (χ0) is 22.1. The number of carbonyl (C=O) groups is 1. The average molecular weight is 474 g/mol. The summed E-state index contributed by atoms with van der Waals surface area (Å²) in [5, 5.41) is 6.12. The molecule has 176 valence electrons. The quantitative estimate of drug-likeness (QED) is 0.538. The molecule has 2 N–H and O–H groups in total. The molecule has 10 heteroatoms. The van der Waals surface area contributed by atoms with Crippen molar-refractivity contribution in [3.63, 3.8) is 0 Å². The highest BCUT2D eigenvalue weighted by atomic mass is 35.5. The van der Waals surface area contributed by atoms with Crippen LogP contribution < -0.4 is 20.1 Å². The first-order valence-electron chi connectivity index (χ1n) is 10.2. The van der Waals surface area contributed by atoms with E-state index in [0.717, 1.165) is 43.6 Å². The van der Waals surface area contributed by atoms with Crippen molar-refractivity contribution in [1.29, 1.82) is 0 Å². The number of nitrogens with zero attached hydrogens (tertiary/aromatic N) is 1. The van der Waals surface area contributed by atoms with E-state index in [1.165, 1.54) is 18.2 Å². The van der Waals surface area contributed by atoms with E-state index in [4.69, 9.17) is 4.74 Å². The summed E-state index contributed by atoms with van der Waals surface area (Å²) in [4.78, 5) is 14.0. The Labute approximate surface area is 191 Å². The fourth-order valence-electron chi connectivity index (χ4n) is 3.21. The lowest BCUT2D eigenvalue weighted by atomic mass is 10.1. The molecule has 32 heavy (non-hydrogen) atoms. The summed E-state index contributed by atoms with van der Waals surface area (Å²) in [6.07, 6.45) is -2.26. The number of rotatable bonds is 8. The summed E-state index contributed by atoms with van der Waals surface area (Å²) in [7, 11) is 0. The number of urea groups is 1. The fraction of sp³-hybridized carbons (Fsp3) is 0.409. The molecule has 2 aromatic rings. The second-order valence-corrected chi connectivity index (χ2v) is 7.19. The Morgan fingerprint density at radius 3 is 2.41 bits per heavy atom. The molecule has 0 radical (unpaired) electrons. The van der Waals surface area contributed by atoms with Gasteiger partial charge in [-0.1, -0.05) is 18.2 Å². The summed E-state index contributed by atoms with van der Waals surface area (Å²) in [6, 6.07) is 13.2. The lowest BCUT2D eigenvalue weighted by Crippen LogP contribution is -2.48. The van der Waals surface area contributed by atoms with Gasteiger partial charge < -0.3 is 25.0 Å². The van der Waals surface area contributed by atoms with E-state index in [0.29, 0.717) is 25.4 Å². The van der Waals surface area contributed by atoms with Crippen LogP contribution in [0.25, 0.3) is 0 Å². The minimum absolute atomic E-state index is 0. The molecule has 3 rings (SSSR count). The van der Waals surface area contributed by atoms with E-state index < -0.39 is 6.36 Å². The minimum atomic E-state index is -4.72. The van der Waals surface area contributed by atoms with E-state index in [2.05, 4.69) is 15.4 Å². The lowest BCUT2D eigenvalue weighted by molar-refractivity contribution is -0.274. The van der Waals surface area contributed by atoms with Crippen molar-refractivity contribution in [2.75, 3.05) is 38.1 Å². The van der Waals surface area contributed by atoms with Gasteiger partial charge in [0.2, 0.25) is 0 Å². The van der Waals surface area contributed by atoms with Gasteiger partial charge in [-0.2, -0.15) is 0 Å². The second kappa shape index (κ2) is 12.4. The highest BCUT2D eigenvalue weighted by Gasteiger charge is 2.31. The Morgan fingerprint density at radius 1 is 1.03 bits per heavy atom. The number of hydrogen-bond acceptors (Lipinski definition) is 4. The predicted molar refractivity (Wildman–Crippen MR) is 119 cm³/mol. The van der Waals surface area contributed by atoms with Crippen LogP contribution in [0.5, 0.6) is 11.5 Å². The molecule has 2 aromatic carbocycles. The predicted octanol–water partition coefficient (Wildman–Crippen LogP) is 4.85. The van der Waals surface area contributed by atoms with Crippen molar-refractivity contribution in [2.24, 2.45) is 0 Å². The molecule has 1 saturated heterocycles. The number of alkyl halides is 3. The molecule has 0 aliphatic carbocycles. The standard InChI is InChI=1S/C22H26F3N3O3.ClH/c23-22(24,25)31-20-6-3-5-19(16-20)30-15-2-1-4-17-7-9-18(10-8-17)27-21(29)28-13-11-26-12-14-28;/h3,5-10,16,26H,1-2,4,11-15H2,(H,27,29);1H. The Bertz CT molecular complexity index is 844. The van der Waals surface area contributed by atoms with Crippen LogP contribution in [0.15, 0.2) is 48.5 Å². The van der Waals surface area contributed by atoms with Gasteiger partial charge in [0.1, 0.15) is 11.5 Å². The van der Waals surface area contributed by atoms with Crippen LogP contribution in [0.2, 0.25) is 0 Å². The van der Waals surface area contributed by atoms with E-state index in [-0.39, 0.29) is 24.2 Å². The molecule has 0 bridgehead atoms. The molecule has 0 saturated carbocycles. The number of halogens is 4. The smallest absolute Gasteiger partial charge is 0.493 e. The number of ether oxygens (including phenoxy) is 2. The summed E-state index contributed by atoms with van der Waals surface area (Å²) >= 11 is 0. The van der Waals surface area contributed by atoms with Gasteiger partial charge in [0.05, 0.1) is 6.61 Å². The topological polar surface area (TPSA) is 62.8 Å². The summed E-state index contributed by atoms with van der Waals surface area (Å²) < 4.78 is 46.2. The van der Waals surface area contributed by atoms with Gasteiger partial charge in [0, 0.05) is 37.9 Å². The first kappa shape index (κ1) is 25.6. The number of aryl methyl sites for hydroxylation is 1. The normalized spacial score (nSPS) is 13.8. The summed E-state index contributed by atoms with van der Waals surface area (Å²) in [6.45, 7) is 3.41. The number of piperazine rings is 1. The second-order valence-electron chi connectivity index (χ2n) is 7.19. The summed E-state index contributed by atoms with van der Waals surface area (Å²) in [5.41, 5.74) is 1.90. The Morgan fingerprint density at radius 2 is 1.72 bits per heavy atom. The van der Waals surface area contributed by atoms with Crippen molar-refractivity contribution in [1.82, 2.24) is 10.2 Å². The third-order valence-electron chi connectivity index (χ3n) is 4.78. The molecule has 1 aliphatic rings. The number of anilines is 1. The molecule has 6 nitrogen and oxygen atoms in total. The van der Waals surface area contributed by atoms with Crippen LogP contribution in [0, 0.1) is 0 Å². The van der Waals surface area contributed by atoms with Crippen molar-refractivity contribution < 1.29 is 27.4 Å². The molecule has 0 unspecified atom stereocenters. The maximum absolute atomic E-state index is 12.3. The van der Waals surface area contributed by atoms with Crippen molar-refractivity contribution in [3.05, 3.63) is 54.1 Å². The maximum Gasteiger partial charge on any atom is 0.573 e. The fourth-order valence-corrected chi connectivity index (χ4v) is 3.21. The third-order valence-corrected chi connectivity index (χ3v) is 4.78. The van der Waals surface area contributed by atoms with Gasteiger partial charge in [-0.15, -0.1) is 25.6 Å². The van der Waals surface area contributed by atoms with Crippen LogP contribution >= 0.6 is 12.4 Å². The van der Waals surface area contributed by atoms with Crippen molar-refractivity contribution >= 4 is 24.1 Å². The van der Waals surface area contributed by atoms with Crippen LogP contribution in [0.1, 0.15) is 18.4 Å². The Kier molecular flexibility index (Phi) is 9.93. The zero-order valence-corrected chi connectivity index (χ0v) is 18.3. The largest absolute Gasteiger partial charge is 0.573 e. The minimum Gasteiger partial charge on any atom is -0.493 e. The highest BCUT2D eigenvalue weighted by Crippen LogP contribution is 2.26. The molecular formula is C22H27ClF3N3O3. The molecule has 1 aliphatic heterocycles. The molecular weight excluding hydrogens is 447 g/mol. The molecule has 1 heterocycles. The number of nitrogens with one attached hydrogen (secondary N) is 2. The Balaban J connectivity index is 0.00000363. The Hall–Kier alpha value is -2.65. The van der Waals surface area contributed by atoms with Gasteiger partial charge in [-0.05, 0) is 49.1 Å². The van der Waals surface area contributed by atoms with E-state index in [9.17, 15) is 18.0 Å². The SMILES string of the molecule is Cl.O=C(Nc1ccc(CCCCOc2cccc(OC(F)(F)F)c2)cc1)N1CCNCC1. The van der Waals surface area contributed by atoms with Crippen molar-refractivity contribution in [2.45, 2.75) is 25.6 Å². The highest BCUT2D eigenvalue weighted by molar-refractivity contribution is 5.89. The van der Waals surface area contributed by atoms with Crippen LogP contribution in [0.3, 0.4) is 0 Å². The monoisotopic (exact) mass is 473 g/mol. The first-order valence-corrected chi connectivity index (χ1v) is 10.2. The van der Waals surface area contributed by atoms with E-state index in [1.54, 1.807) is 11.0 Å². The van der Waals surface area contributed by atoms with Gasteiger partial charge in [-0.3, -0.25) is 0 Å². The molecule has 0 spiro atoms. The van der Waals surface area contributed by atoms with Crippen LogP contribution in [-0.4, -0.2) is 50.1 Å². The number of benzene rings is 2. The van der Waals surface area contributed by atoms with Crippen LogP contribution in [0.4, 0.5) is 23.7 Å². The average Bonchev–Trinajstić information content (AvgIpc) is 2.74. The van der Waals surface area contributed by atoms with E-state index >= 15 is 0 Å². The molecule has 0 aromatic heterocycles. The number of carbonyl (C=O) groups excluding carboxylic acids is 1. The number of unbranched alkanes of at least 4 members (excludes halogenated alkanes) is 1. The third kappa shape index (κ3) is 8.84. The summed E-state index contributed by atoms with van der Waals surface area (Å²) in [5.74, 6) is 0.0421. The zero-order valence-electron chi connectivity index (χ0n) is 17.5. The maximum atomic E-state index is 12.3. The van der Waals surface area contributed by atoms with Gasteiger partial charge in [-0.25, -0.2) is 4.79 Å².